The van der Waals surface area contributed by atoms with E-state index < -0.39 is 0 Å². The number of aryl methyl sites for hydroxylation is 1. The molecule has 1 N–H and O–H groups in total. The minimum absolute atomic E-state index is 0.163. The molecule has 0 atom stereocenters. The van der Waals surface area contributed by atoms with Crippen LogP contribution in [0.1, 0.15) is 21.7 Å². The average Bonchev–Trinajstić information content (AvgIpc) is 3.34. The molecule has 4 rings (SSSR count). The highest BCUT2D eigenvalue weighted by Gasteiger charge is 2.12. The summed E-state index contributed by atoms with van der Waals surface area (Å²) in [5.41, 5.74) is 5.95. The first kappa shape index (κ1) is 18.5. The predicted molar refractivity (Wildman–Crippen MR) is 114 cm³/mol. The second-order valence-electron chi connectivity index (χ2n) is 6.27. The summed E-state index contributed by atoms with van der Waals surface area (Å²) < 4.78 is 6.71. The Labute approximate surface area is 174 Å². The maximum absolute atomic E-state index is 12.5. The predicted octanol–water partition coefficient (Wildman–Crippen LogP) is 5.02. The lowest BCUT2D eigenvalue weighted by Crippen LogP contribution is -2.12. The molecule has 2 aromatic carbocycles. The van der Waals surface area contributed by atoms with E-state index in [9.17, 15) is 4.79 Å². The Kier molecular flexibility index (Phi) is 5.06. The zero-order valence-electron chi connectivity index (χ0n) is 15.2. The van der Waals surface area contributed by atoms with Crippen LogP contribution in [0.3, 0.4) is 0 Å². The van der Waals surface area contributed by atoms with E-state index in [0.29, 0.717) is 5.56 Å². The normalized spacial score (nSPS) is 10.8. The van der Waals surface area contributed by atoms with Gasteiger partial charge < -0.3 is 5.32 Å². The lowest BCUT2D eigenvalue weighted by atomic mass is 10.1. The van der Waals surface area contributed by atoms with Crippen molar-refractivity contribution in [3.8, 4) is 16.9 Å². The van der Waals surface area contributed by atoms with Gasteiger partial charge >= 0.3 is 0 Å². The van der Waals surface area contributed by atoms with Crippen LogP contribution in [0.4, 0.5) is 5.69 Å². The number of anilines is 1. The fraction of sp³-hybridized carbons (Fsp3) is 0.100. The van der Waals surface area contributed by atoms with Crippen LogP contribution in [0.25, 0.3) is 16.9 Å². The van der Waals surface area contributed by atoms with E-state index in [0.717, 1.165) is 38.5 Å². The summed E-state index contributed by atoms with van der Waals surface area (Å²) in [5.74, 6) is -0.163. The van der Waals surface area contributed by atoms with Gasteiger partial charge in [-0.1, -0.05) is 16.6 Å². The molecule has 2 aromatic heterocycles. The van der Waals surface area contributed by atoms with E-state index in [1.807, 2.05) is 60.3 Å². The summed E-state index contributed by atoms with van der Waals surface area (Å²) in [6, 6.07) is 14.9. The number of aromatic nitrogens is 4. The largest absolute Gasteiger partial charge is 0.322 e. The van der Waals surface area contributed by atoms with Crippen LogP contribution >= 0.6 is 27.5 Å². The summed E-state index contributed by atoms with van der Waals surface area (Å²) >= 11 is 4.84. The third-order valence-electron chi connectivity index (χ3n) is 4.38. The number of halogens is 1. The number of hydrogen-bond donors (Lipinski definition) is 1. The van der Waals surface area contributed by atoms with Crippen molar-refractivity contribution in [3.63, 3.8) is 0 Å². The number of carbonyl (C=O) groups excluding carboxylic acids is 1. The Bertz CT molecular complexity index is 1120. The minimum Gasteiger partial charge on any atom is -0.322 e. The number of nitrogens with one attached hydrogen (secondary N) is 1. The summed E-state index contributed by atoms with van der Waals surface area (Å²) in [6.07, 6.45) is 0. The molecule has 0 radical (unpaired) electrons. The fourth-order valence-corrected chi connectivity index (χ4v) is 3.56. The van der Waals surface area contributed by atoms with Crippen molar-refractivity contribution in [2.45, 2.75) is 13.8 Å². The number of nitrogens with zero attached hydrogens (tertiary/aromatic N) is 4. The van der Waals surface area contributed by atoms with Crippen LogP contribution in [0.15, 0.2) is 58.4 Å². The monoisotopic (exact) mass is 453 g/mol. The molecule has 0 aliphatic rings. The third-order valence-corrected chi connectivity index (χ3v) is 6.03. The van der Waals surface area contributed by atoms with Crippen LogP contribution in [0, 0.1) is 13.8 Å². The molecule has 140 valence electrons. The Hall–Kier alpha value is -2.84. The zero-order chi connectivity index (χ0) is 19.7. The van der Waals surface area contributed by atoms with Crippen LogP contribution in [-0.4, -0.2) is 25.3 Å². The molecule has 28 heavy (non-hydrogen) atoms. The maximum Gasteiger partial charge on any atom is 0.255 e. The second kappa shape index (κ2) is 7.65. The smallest absolute Gasteiger partial charge is 0.255 e. The molecule has 0 aliphatic heterocycles. The van der Waals surface area contributed by atoms with Gasteiger partial charge in [-0.3, -0.25) is 4.79 Å². The molecule has 0 spiro atoms. The highest BCUT2D eigenvalue weighted by molar-refractivity contribution is 9.10. The molecule has 0 unspecified atom stereocenters. The van der Waals surface area contributed by atoms with Gasteiger partial charge in [0.1, 0.15) is 5.69 Å². The number of rotatable bonds is 4. The molecule has 8 heteroatoms. The van der Waals surface area contributed by atoms with E-state index in [2.05, 4.69) is 35.9 Å². The maximum atomic E-state index is 12.5. The van der Waals surface area contributed by atoms with Crippen LogP contribution in [-0.2, 0) is 0 Å². The quantitative estimate of drug-likeness (QED) is 0.470. The first-order valence-corrected chi connectivity index (χ1v) is 10.2. The number of amides is 1. The molecule has 0 saturated carbocycles. The zero-order valence-corrected chi connectivity index (χ0v) is 17.6. The molecule has 2 heterocycles. The fourth-order valence-electron chi connectivity index (χ4n) is 2.85. The molecule has 0 aliphatic carbocycles. The molecule has 0 bridgehead atoms. The minimum atomic E-state index is -0.163. The van der Waals surface area contributed by atoms with E-state index in [-0.39, 0.29) is 5.91 Å². The average molecular weight is 454 g/mol. The van der Waals surface area contributed by atoms with E-state index in [1.54, 1.807) is 12.1 Å². The number of hydrogen-bond acceptors (Lipinski definition) is 5. The van der Waals surface area contributed by atoms with Gasteiger partial charge in [0.2, 0.25) is 0 Å². The van der Waals surface area contributed by atoms with Crippen molar-refractivity contribution in [2.75, 3.05) is 5.32 Å². The van der Waals surface area contributed by atoms with E-state index in [1.165, 1.54) is 11.5 Å². The molecule has 0 saturated heterocycles. The first-order valence-electron chi connectivity index (χ1n) is 8.54. The molecule has 6 nitrogen and oxygen atoms in total. The van der Waals surface area contributed by atoms with Crippen LogP contribution in [0.2, 0.25) is 0 Å². The van der Waals surface area contributed by atoms with E-state index >= 15 is 0 Å². The molecular weight excluding hydrogens is 438 g/mol. The van der Waals surface area contributed by atoms with Crippen molar-refractivity contribution < 1.29 is 4.79 Å². The van der Waals surface area contributed by atoms with Gasteiger partial charge in [-0.05, 0) is 77.7 Å². The van der Waals surface area contributed by atoms with Gasteiger partial charge in [-0.15, -0.1) is 5.10 Å². The Balaban J connectivity index is 1.48. The standard InChI is InChI=1S/C20H16BrN5OS/c1-12-19(21)13(2)26(24-12)17-9-5-15(6-10-17)20(27)22-16-7-3-14(4-8-16)18-11-28-25-23-18/h3-11H,1-2H3,(H,22,27). The van der Waals surface area contributed by atoms with Gasteiger partial charge in [-0.2, -0.15) is 5.10 Å². The van der Waals surface area contributed by atoms with Crippen LogP contribution in [0.5, 0.6) is 0 Å². The Morgan fingerprint density at radius 1 is 1.07 bits per heavy atom. The van der Waals surface area contributed by atoms with Crippen molar-refractivity contribution in [2.24, 2.45) is 0 Å². The van der Waals surface area contributed by atoms with Crippen molar-refractivity contribution in [3.05, 3.63) is 75.3 Å². The second-order valence-corrected chi connectivity index (χ2v) is 7.67. The molecule has 1 amide bonds. The molecular formula is C20H16BrN5OS. The van der Waals surface area contributed by atoms with Gasteiger partial charge in [0.05, 0.1) is 21.5 Å². The molecule has 4 aromatic rings. The van der Waals surface area contributed by atoms with E-state index in [4.69, 9.17) is 0 Å². The third kappa shape index (κ3) is 3.61. The van der Waals surface area contributed by atoms with Gasteiger partial charge in [0, 0.05) is 22.2 Å². The highest BCUT2D eigenvalue weighted by atomic mass is 79.9. The topological polar surface area (TPSA) is 72.7 Å². The van der Waals surface area contributed by atoms with Crippen LogP contribution < -0.4 is 5.32 Å². The lowest BCUT2D eigenvalue weighted by Gasteiger charge is -2.08. The number of benzene rings is 2. The Morgan fingerprint density at radius 2 is 1.79 bits per heavy atom. The van der Waals surface area contributed by atoms with Crippen molar-refractivity contribution in [1.82, 2.24) is 19.4 Å². The summed E-state index contributed by atoms with van der Waals surface area (Å²) in [5, 5.41) is 13.4. The van der Waals surface area contributed by atoms with Crippen molar-refractivity contribution in [1.29, 1.82) is 0 Å². The van der Waals surface area contributed by atoms with Gasteiger partial charge in [0.15, 0.2) is 0 Å². The highest BCUT2D eigenvalue weighted by Crippen LogP contribution is 2.24. The molecule has 0 fully saturated rings. The summed E-state index contributed by atoms with van der Waals surface area (Å²) in [7, 11) is 0. The van der Waals surface area contributed by atoms with Gasteiger partial charge in [0.25, 0.3) is 5.91 Å². The van der Waals surface area contributed by atoms with Crippen molar-refractivity contribution >= 4 is 39.1 Å². The Morgan fingerprint density at radius 3 is 2.36 bits per heavy atom. The SMILES string of the molecule is Cc1nn(-c2ccc(C(=O)Nc3ccc(-c4csnn4)cc3)cc2)c(C)c1Br. The summed E-state index contributed by atoms with van der Waals surface area (Å²) in [6.45, 7) is 3.95. The first-order chi connectivity index (χ1) is 13.5. The summed E-state index contributed by atoms with van der Waals surface area (Å²) in [4.78, 5) is 12.5. The number of carbonyl (C=O) groups is 1. The van der Waals surface area contributed by atoms with Gasteiger partial charge in [-0.25, -0.2) is 4.68 Å². The lowest BCUT2D eigenvalue weighted by molar-refractivity contribution is 0.102.